The zero-order valence-corrected chi connectivity index (χ0v) is 16.2. The number of carbonyl (C=O) groups excluding carboxylic acids is 2. The lowest BCUT2D eigenvalue weighted by atomic mass is 10.0. The Morgan fingerprint density at radius 2 is 2.08 bits per heavy atom. The Morgan fingerprint density at radius 1 is 1.31 bits per heavy atom. The van der Waals surface area contributed by atoms with Crippen LogP contribution in [0.2, 0.25) is 0 Å². The Hall–Kier alpha value is -2.09. The van der Waals surface area contributed by atoms with Crippen LogP contribution in [0.4, 0.5) is 4.79 Å². The molecule has 0 aliphatic carbocycles. The molecule has 1 atom stereocenters. The van der Waals surface area contributed by atoms with Crippen molar-refractivity contribution in [3.8, 4) is 0 Å². The highest BCUT2D eigenvalue weighted by atomic mass is 16.5. The maximum absolute atomic E-state index is 12.4. The third-order valence-corrected chi connectivity index (χ3v) is 5.62. The maximum Gasteiger partial charge on any atom is 0.317 e. The van der Waals surface area contributed by atoms with Crippen molar-refractivity contribution in [2.45, 2.75) is 45.8 Å². The molecule has 0 saturated carbocycles. The van der Waals surface area contributed by atoms with Crippen molar-refractivity contribution in [2.75, 3.05) is 39.8 Å². The van der Waals surface area contributed by atoms with Crippen LogP contribution in [0.25, 0.3) is 0 Å². The van der Waals surface area contributed by atoms with E-state index in [0.717, 1.165) is 25.1 Å². The predicted molar refractivity (Wildman–Crippen MR) is 97.0 cm³/mol. The number of ether oxygens (including phenoxy) is 1. The summed E-state index contributed by atoms with van der Waals surface area (Å²) in [5, 5.41) is 7.51. The molecule has 2 aliphatic heterocycles. The molecule has 1 unspecified atom stereocenters. The van der Waals surface area contributed by atoms with E-state index in [4.69, 9.17) is 4.74 Å². The van der Waals surface area contributed by atoms with E-state index in [2.05, 4.69) is 24.3 Å². The molecule has 3 heterocycles. The fourth-order valence-corrected chi connectivity index (χ4v) is 3.70. The summed E-state index contributed by atoms with van der Waals surface area (Å²) in [4.78, 5) is 27.5. The minimum Gasteiger partial charge on any atom is -0.361 e. The lowest BCUT2D eigenvalue weighted by Crippen LogP contribution is -2.55. The number of nitrogens with one attached hydrogen (secondary N) is 1. The molecule has 0 radical (unpaired) electrons. The van der Waals surface area contributed by atoms with Gasteiger partial charge in [0.1, 0.15) is 12.2 Å². The van der Waals surface area contributed by atoms with Crippen LogP contribution in [-0.2, 0) is 16.1 Å². The molecule has 1 aromatic heterocycles. The van der Waals surface area contributed by atoms with Crippen LogP contribution >= 0.6 is 0 Å². The number of amides is 3. The summed E-state index contributed by atoms with van der Waals surface area (Å²) in [7, 11) is 1.79. The number of nitrogens with zero attached hydrogens (tertiary/aromatic N) is 4. The van der Waals surface area contributed by atoms with Gasteiger partial charge in [0.05, 0.1) is 18.8 Å². The Labute approximate surface area is 154 Å². The molecule has 144 valence electrons. The molecule has 8 nitrogen and oxygen atoms in total. The summed E-state index contributed by atoms with van der Waals surface area (Å²) in [6.07, 6.45) is 1.60. The molecule has 1 spiro atoms. The predicted octanol–water partition coefficient (Wildman–Crippen LogP) is 0.841. The first-order valence-electron chi connectivity index (χ1n) is 9.23. The van der Waals surface area contributed by atoms with Crippen molar-refractivity contribution in [2.24, 2.45) is 0 Å². The Bertz CT molecular complexity index is 701. The van der Waals surface area contributed by atoms with Crippen LogP contribution in [0.3, 0.4) is 0 Å². The van der Waals surface area contributed by atoms with E-state index in [-0.39, 0.29) is 18.5 Å². The number of morpholine rings is 1. The number of urea groups is 1. The zero-order chi connectivity index (χ0) is 18.9. The number of carbonyl (C=O) groups is 2. The molecule has 0 aromatic carbocycles. The lowest BCUT2D eigenvalue weighted by molar-refractivity contribution is -0.158. The molecule has 3 rings (SSSR count). The first-order chi connectivity index (χ1) is 12.3. The van der Waals surface area contributed by atoms with Crippen molar-refractivity contribution < 1.29 is 14.3 Å². The molecule has 1 aromatic rings. The molecule has 2 saturated heterocycles. The van der Waals surface area contributed by atoms with Gasteiger partial charge in [-0.05, 0) is 39.2 Å². The maximum atomic E-state index is 12.4. The normalized spacial score (nSPS) is 23.2. The summed E-state index contributed by atoms with van der Waals surface area (Å²) in [5.41, 5.74) is 3.07. The Morgan fingerprint density at radius 3 is 2.73 bits per heavy atom. The average Bonchev–Trinajstić information content (AvgIpc) is 3.13. The van der Waals surface area contributed by atoms with Crippen LogP contribution in [0.15, 0.2) is 0 Å². The topological polar surface area (TPSA) is 79.7 Å². The van der Waals surface area contributed by atoms with Crippen molar-refractivity contribution in [3.63, 3.8) is 0 Å². The van der Waals surface area contributed by atoms with E-state index in [9.17, 15) is 9.59 Å². The van der Waals surface area contributed by atoms with E-state index in [0.29, 0.717) is 26.2 Å². The first kappa shape index (κ1) is 18.7. The van der Waals surface area contributed by atoms with Gasteiger partial charge in [-0.3, -0.25) is 9.48 Å². The minimum absolute atomic E-state index is 0.00193. The monoisotopic (exact) mass is 363 g/mol. The van der Waals surface area contributed by atoms with Crippen LogP contribution in [-0.4, -0.2) is 77.0 Å². The number of aromatic nitrogens is 2. The van der Waals surface area contributed by atoms with E-state index in [1.165, 1.54) is 11.3 Å². The smallest absolute Gasteiger partial charge is 0.317 e. The van der Waals surface area contributed by atoms with Gasteiger partial charge in [0.15, 0.2) is 0 Å². The van der Waals surface area contributed by atoms with E-state index < -0.39 is 5.60 Å². The van der Waals surface area contributed by atoms with Gasteiger partial charge >= 0.3 is 6.03 Å². The number of likely N-dealkylation sites (N-methyl/N-ethyl adjacent to an activating group) is 1. The van der Waals surface area contributed by atoms with Gasteiger partial charge in [-0.15, -0.1) is 0 Å². The SMILES string of the molecule is Cc1nn(CCCNC(=O)N2CCC3(CN(C)C(=O)CO3)C2)c(C)c1C. The van der Waals surface area contributed by atoms with E-state index in [1.54, 1.807) is 16.8 Å². The number of likely N-dealkylation sites (tertiary alicyclic amines) is 1. The van der Waals surface area contributed by atoms with Crippen molar-refractivity contribution in [1.82, 2.24) is 24.9 Å². The van der Waals surface area contributed by atoms with Gasteiger partial charge in [0.25, 0.3) is 0 Å². The fourth-order valence-electron chi connectivity index (χ4n) is 3.70. The third-order valence-electron chi connectivity index (χ3n) is 5.62. The highest BCUT2D eigenvalue weighted by Crippen LogP contribution is 2.29. The van der Waals surface area contributed by atoms with Gasteiger partial charge < -0.3 is 19.9 Å². The van der Waals surface area contributed by atoms with Gasteiger partial charge in [-0.25, -0.2) is 4.79 Å². The second-order valence-electron chi connectivity index (χ2n) is 7.50. The highest BCUT2D eigenvalue weighted by molar-refractivity contribution is 5.78. The second kappa shape index (κ2) is 7.26. The number of aryl methyl sites for hydroxylation is 2. The second-order valence-corrected chi connectivity index (χ2v) is 7.50. The van der Waals surface area contributed by atoms with Crippen molar-refractivity contribution >= 4 is 11.9 Å². The van der Waals surface area contributed by atoms with Crippen molar-refractivity contribution in [1.29, 1.82) is 0 Å². The van der Waals surface area contributed by atoms with Gasteiger partial charge in [0.2, 0.25) is 5.91 Å². The van der Waals surface area contributed by atoms with Crippen LogP contribution in [0.1, 0.15) is 29.8 Å². The molecule has 8 heteroatoms. The molecule has 26 heavy (non-hydrogen) atoms. The summed E-state index contributed by atoms with van der Waals surface area (Å²) in [6.45, 7) is 9.42. The molecule has 2 fully saturated rings. The zero-order valence-electron chi connectivity index (χ0n) is 16.2. The summed E-state index contributed by atoms with van der Waals surface area (Å²) >= 11 is 0. The summed E-state index contributed by atoms with van der Waals surface area (Å²) < 4.78 is 7.78. The van der Waals surface area contributed by atoms with Crippen LogP contribution in [0.5, 0.6) is 0 Å². The molecule has 0 bridgehead atoms. The van der Waals surface area contributed by atoms with Crippen molar-refractivity contribution in [3.05, 3.63) is 17.0 Å². The Balaban J connectivity index is 1.43. The average molecular weight is 363 g/mol. The van der Waals surface area contributed by atoms with Gasteiger partial charge in [-0.1, -0.05) is 0 Å². The number of hydrogen-bond acceptors (Lipinski definition) is 4. The highest BCUT2D eigenvalue weighted by Gasteiger charge is 2.45. The fraction of sp³-hybridized carbons (Fsp3) is 0.722. The number of rotatable bonds is 4. The first-order valence-corrected chi connectivity index (χ1v) is 9.23. The van der Waals surface area contributed by atoms with Crippen LogP contribution in [0, 0.1) is 20.8 Å². The molecule has 1 N–H and O–H groups in total. The van der Waals surface area contributed by atoms with E-state index in [1.807, 2.05) is 11.6 Å². The molecular weight excluding hydrogens is 334 g/mol. The standard InChI is InChI=1S/C18H29N5O3/c1-13-14(2)20-23(15(13)3)8-5-7-19-17(25)22-9-6-18(12-22)11-21(4)16(24)10-26-18/h5-12H2,1-4H3,(H,19,25). The molecule has 2 aliphatic rings. The minimum atomic E-state index is -0.402. The van der Waals surface area contributed by atoms with Gasteiger partial charge in [0, 0.05) is 32.4 Å². The Kier molecular flexibility index (Phi) is 5.22. The molecule has 3 amide bonds. The largest absolute Gasteiger partial charge is 0.361 e. The third kappa shape index (κ3) is 3.70. The molecular formula is C18H29N5O3. The number of hydrogen-bond donors (Lipinski definition) is 1. The summed E-state index contributed by atoms with van der Waals surface area (Å²) in [5.74, 6) is -0.00193. The van der Waals surface area contributed by atoms with Crippen LogP contribution < -0.4 is 5.32 Å². The summed E-state index contributed by atoms with van der Waals surface area (Å²) in [6, 6.07) is -0.0606. The quantitative estimate of drug-likeness (QED) is 0.804. The van der Waals surface area contributed by atoms with Gasteiger partial charge in [-0.2, -0.15) is 5.10 Å². The van der Waals surface area contributed by atoms with E-state index >= 15 is 0 Å². The lowest BCUT2D eigenvalue weighted by Gasteiger charge is -2.38.